The molecule has 4 rings (SSSR count). The molecule has 126 valence electrons. The number of hydrogen-bond acceptors (Lipinski definition) is 5. The largest absolute Gasteiger partial charge is 0.370 e. The van der Waals surface area contributed by atoms with E-state index in [1.165, 1.54) is 11.3 Å². The van der Waals surface area contributed by atoms with E-state index in [2.05, 4.69) is 26.8 Å². The first-order chi connectivity index (χ1) is 11.7. The molecular formula is C18H21ClN4O. The molecule has 2 aliphatic heterocycles. The summed E-state index contributed by atoms with van der Waals surface area (Å²) in [4.78, 5) is 13.8. The molecule has 0 N–H and O–H groups in total. The van der Waals surface area contributed by atoms with E-state index >= 15 is 0 Å². The molecule has 0 saturated carbocycles. The van der Waals surface area contributed by atoms with Crippen molar-refractivity contribution in [1.29, 1.82) is 0 Å². The predicted molar refractivity (Wildman–Crippen MR) is 94.4 cm³/mol. The van der Waals surface area contributed by atoms with Gasteiger partial charge < -0.3 is 14.5 Å². The van der Waals surface area contributed by atoms with Gasteiger partial charge in [0.25, 0.3) is 0 Å². The van der Waals surface area contributed by atoms with Crippen LogP contribution in [0, 0.1) is 0 Å². The molecule has 1 fully saturated rings. The van der Waals surface area contributed by atoms with Crippen LogP contribution in [0.1, 0.15) is 22.9 Å². The Morgan fingerprint density at radius 1 is 1.17 bits per heavy atom. The van der Waals surface area contributed by atoms with Gasteiger partial charge in [-0.2, -0.15) is 0 Å². The van der Waals surface area contributed by atoms with Crippen molar-refractivity contribution in [3.8, 4) is 0 Å². The van der Waals surface area contributed by atoms with Gasteiger partial charge in [-0.3, -0.25) is 0 Å². The van der Waals surface area contributed by atoms with E-state index in [-0.39, 0.29) is 6.10 Å². The van der Waals surface area contributed by atoms with Gasteiger partial charge >= 0.3 is 0 Å². The third-order valence-electron chi connectivity index (χ3n) is 4.78. The Balaban J connectivity index is 1.60. The second-order valence-electron chi connectivity index (χ2n) is 6.47. The van der Waals surface area contributed by atoms with E-state index < -0.39 is 0 Å². The van der Waals surface area contributed by atoms with Crippen LogP contribution < -0.4 is 4.90 Å². The summed E-state index contributed by atoms with van der Waals surface area (Å²) in [6, 6.07) is 7.92. The maximum absolute atomic E-state index is 6.00. The summed E-state index contributed by atoms with van der Waals surface area (Å²) in [7, 11) is 2.15. The van der Waals surface area contributed by atoms with Crippen molar-refractivity contribution in [3.63, 3.8) is 0 Å². The zero-order chi connectivity index (χ0) is 16.5. The van der Waals surface area contributed by atoms with Gasteiger partial charge in [0, 0.05) is 43.2 Å². The molecule has 0 amide bonds. The number of nitrogens with zero attached hydrogens (tertiary/aromatic N) is 4. The molecule has 0 spiro atoms. The highest BCUT2D eigenvalue weighted by Gasteiger charge is 2.27. The van der Waals surface area contributed by atoms with Gasteiger partial charge in [-0.1, -0.05) is 23.7 Å². The fraction of sp³-hybridized carbons (Fsp3) is 0.444. The van der Waals surface area contributed by atoms with E-state index in [1.807, 2.05) is 24.3 Å². The maximum Gasteiger partial charge on any atom is 0.136 e. The lowest BCUT2D eigenvalue weighted by Crippen LogP contribution is -2.40. The summed E-state index contributed by atoms with van der Waals surface area (Å²) in [5, 5.41) is 0.749. The molecule has 24 heavy (non-hydrogen) atoms. The van der Waals surface area contributed by atoms with E-state index in [1.54, 1.807) is 6.33 Å². The number of benzene rings is 1. The van der Waals surface area contributed by atoms with E-state index in [9.17, 15) is 0 Å². The van der Waals surface area contributed by atoms with Crippen LogP contribution in [0.25, 0.3) is 0 Å². The van der Waals surface area contributed by atoms with E-state index in [0.29, 0.717) is 6.61 Å². The number of hydrogen-bond donors (Lipinski definition) is 0. The summed E-state index contributed by atoms with van der Waals surface area (Å²) < 4.78 is 5.98. The van der Waals surface area contributed by atoms with Crippen LogP contribution in [0.3, 0.4) is 0 Å². The highest BCUT2D eigenvalue weighted by Crippen LogP contribution is 2.30. The highest BCUT2D eigenvalue weighted by molar-refractivity contribution is 6.30. The van der Waals surface area contributed by atoms with Gasteiger partial charge in [0.2, 0.25) is 0 Å². The SMILES string of the molecule is CN1CCc2ncnc(N3CCO[C@H](c4ccc(Cl)cc4)C3)c2C1. The van der Waals surface area contributed by atoms with Gasteiger partial charge in [-0.05, 0) is 24.7 Å². The molecule has 1 aromatic heterocycles. The quantitative estimate of drug-likeness (QED) is 0.838. The fourth-order valence-electron chi connectivity index (χ4n) is 3.45. The molecule has 3 heterocycles. The van der Waals surface area contributed by atoms with Crippen LogP contribution >= 0.6 is 11.6 Å². The molecule has 2 aromatic rings. The first kappa shape index (κ1) is 15.8. The van der Waals surface area contributed by atoms with Gasteiger partial charge in [-0.25, -0.2) is 9.97 Å². The second kappa shape index (κ2) is 6.67. The maximum atomic E-state index is 6.00. The Labute approximate surface area is 147 Å². The van der Waals surface area contributed by atoms with Gasteiger partial charge in [0.05, 0.1) is 12.3 Å². The predicted octanol–water partition coefficient (Wildman–Crippen LogP) is 2.70. The minimum Gasteiger partial charge on any atom is -0.370 e. The minimum atomic E-state index is 0.0444. The highest BCUT2D eigenvalue weighted by atomic mass is 35.5. The average molecular weight is 345 g/mol. The molecule has 1 aromatic carbocycles. The first-order valence-electron chi connectivity index (χ1n) is 8.34. The Morgan fingerprint density at radius 3 is 2.83 bits per heavy atom. The standard InChI is InChI=1S/C18H21ClN4O/c1-22-7-6-16-15(10-22)18(21-12-20-16)23-8-9-24-17(11-23)13-2-4-14(19)5-3-13/h2-5,12,17H,6-11H2,1H3/t17-/m0/s1. The molecule has 0 bridgehead atoms. The lowest BCUT2D eigenvalue weighted by Gasteiger charge is -2.36. The van der Waals surface area contributed by atoms with Crippen LogP contribution in [0.15, 0.2) is 30.6 Å². The van der Waals surface area contributed by atoms with Crippen molar-refractivity contribution >= 4 is 17.4 Å². The molecule has 0 unspecified atom stereocenters. The van der Waals surface area contributed by atoms with Gasteiger partial charge in [-0.15, -0.1) is 0 Å². The molecule has 5 nitrogen and oxygen atoms in total. The molecule has 2 aliphatic rings. The van der Waals surface area contributed by atoms with Crippen LogP contribution in [-0.4, -0.2) is 48.2 Å². The number of morpholine rings is 1. The molecule has 0 aliphatic carbocycles. The van der Waals surface area contributed by atoms with Crippen molar-refractivity contribution in [2.24, 2.45) is 0 Å². The Kier molecular flexibility index (Phi) is 4.39. The van der Waals surface area contributed by atoms with Crippen molar-refractivity contribution in [1.82, 2.24) is 14.9 Å². The average Bonchev–Trinajstić information content (AvgIpc) is 2.62. The van der Waals surface area contributed by atoms with Crippen molar-refractivity contribution in [2.45, 2.75) is 19.1 Å². The molecular weight excluding hydrogens is 324 g/mol. The van der Waals surface area contributed by atoms with Crippen molar-refractivity contribution in [3.05, 3.63) is 52.4 Å². The molecule has 1 saturated heterocycles. The van der Waals surface area contributed by atoms with Crippen molar-refractivity contribution in [2.75, 3.05) is 38.2 Å². The summed E-state index contributed by atoms with van der Waals surface area (Å²) in [6.45, 7) is 4.32. The van der Waals surface area contributed by atoms with Gasteiger partial charge in [0.15, 0.2) is 0 Å². The minimum absolute atomic E-state index is 0.0444. The third kappa shape index (κ3) is 3.11. The van der Waals surface area contributed by atoms with E-state index in [0.717, 1.165) is 49.0 Å². The first-order valence-corrected chi connectivity index (χ1v) is 8.72. The normalized spacial score (nSPS) is 21.6. The monoisotopic (exact) mass is 344 g/mol. The Bertz CT molecular complexity index is 721. The lowest BCUT2D eigenvalue weighted by molar-refractivity contribution is 0.0394. The van der Waals surface area contributed by atoms with E-state index in [4.69, 9.17) is 16.3 Å². The molecule has 0 radical (unpaired) electrons. The molecule has 1 atom stereocenters. The van der Waals surface area contributed by atoms with Crippen molar-refractivity contribution < 1.29 is 4.74 Å². The van der Waals surface area contributed by atoms with Crippen LogP contribution in [0.5, 0.6) is 0 Å². The number of ether oxygens (including phenoxy) is 1. The summed E-state index contributed by atoms with van der Waals surface area (Å²) in [5.74, 6) is 1.06. The number of rotatable bonds is 2. The summed E-state index contributed by atoms with van der Waals surface area (Å²) >= 11 is 6.00. The van der Waals surface area contributed by atoms with Crippen LogP contribution in [0.4, 0.5) is 5.82 Å². The van der Waals surface area contributed by atoms with Crippen LogP contribution in [0.2, 0.25) is 5.02 Å². The summed E-state index contributed by atoms with van der Waals surface area (Å²) in [6.07, 6.45) is 2.74. The number of halogens is 1. The summed E-state index contributed by atoms with van der Waals surface area (Å²) in [5.41, 5.74) is 3.61. The van der Waals surface area contributed by atoms with Crippen LogP contribution in [-0.2, 0) is 17.7 Å². The second-order valence-corrected chi connectivity index (χ2v) is 6.90. The number of likely N-dealkylation sites (N-methyl/N-ethyl adjacent to an activating group) is 1. The fourth-order valence-corrected chi connectivity index (χ4v) is 3.58. The van der Waals surface area contributed by atoms with Gasteiger partial charge in [0.1, 0.15) is 18.2 Å². The zero-order valence-corrected chi connectivity index (χ0v) is 14.5. The zero-order valence-electron chi connectivity index (χ0n) is 13.8. The molecule has 6 heteroatoms. The smallest absolute Gasteiger partial charge is 0.136 e. The number of anilines is 1. The Hall–Kier alpha value is -1.69. The number of aromatic nitrogens is 2. The Morgan fingerprint density at radius 2 is 2.00 bits per heavy atom. The topological polar surface area (TPSA) is 41.5 Å². The number of fused-ring (bicyclic) bond motifs is 1. The lowest BCUT2D eigenvalue weighted by atomic mass is 10.0. The third-order valence-corrected chi connectivity index (χ3v) is 5.03.